The second kappa shape index (κ2) is 14.3. The summed E-state index contributed by atoms with van der Waals surface area (Å²) in [6, 6.07) is 21.2. The van der Waals surface area contributed by atoms with E-state index in [1.807, 2.05) is 36.4 Å². The smallest absolute Gasteiger partial charge is 0.231 e. The SMILES string of the molecule is CC(C)(c1ccccc1)n1nnc([C@H]2CCCN2)n1.CC(C)(c1ccccc1)n1nnc([C@H]2CCC[NH2+]2)n1.ClCCl. The molecule has 10 nitrogen and oxygen atoms in total. The van der Waals surface area contributed by atoms with Crippen LogP contribution in [-0.2, 0) is 11.1 Å². The third-order valence-corrected chi connectivity index (χ3v) is 7.69. The van der Waals surface area contributed by atoms with Crippen LogP contribution < -0.4 is 10.6 Å². The van der Waals surface area contributed by atoms with Gasteiger partial charge >= 0.3 is 0 Å². The predicted molar refractivity (Wildman–Crippen MR) is 161 cm³/mol. The monoisotopic (exact) mass is 599 g/mol. The van der Waals surface area contributed by atoms with Crippen molar-refractivity contribution in [2.24, 2.45) is 0 Å². The summed E-state index contributed by atoms with van der Waals surface area (Å²) in [5.41, 5.74) is 1.81. The Hall–Kier alpha value is -2.92. The van der Waals surface area contributed by atoms with Gasteiger partial charge in [-0.15, -0.1) is 43.6 Å². The van der Waals surface area contributed by atoms with E-state index in [2.05, 4.69) is 93.4 Å². The largest absolute Gasteiger partial charge is 0.337 e. The van der Waals surface area contributed by atoms with E-state index in [1.54, 1.807) is 9.59 Å². The van der Waals surface area contributed by atoms with Crippen LogP contribution in [0.2, 0.25) is 0 Å². The molecule has 3 N–H and O–H groups in total. The fourth-order valence-electron chi connectivity index (χ4n) is 5.05. The molecular formula is C29H41Cl2N10+. The average molecular weight is 601 g/mol. The number of rotatable bonds is 6. The molecule has 2 aliphatic rings. The lowest BCUT2D eigenvalue weighted by atomic mass is 9.95. The van der Waals surface area contributed by atoms with Gasteiger partial charge in [0.2, 0.25) is 5.82 Å². The fourth-order valence-corrected chi connectivity index (χ4v) is 5.05. The van der Waals surface area contributed by atoms with E-state index in [4.69, 9.17) is 23.2 Å². The molecule has 0 radical (unpaired) electrons. The number of alkyl halides is 2. The lowest BCUT2D eigenvalue weighted by molar-refractivity contribution is -0.677. The van der Waals surface area contributed by atoms with Crippen LogP contribution in [0.25, 0.3) is 0 Å². The Bertz CT molecular complexity index is 1210. The number of nitrogens with one attached hydrogen (secondary N) is 1. The van der Waals surface area contributed by atoms with Crippen molar-refractivity contribution in [2.75, 3.05) is 18.4 Å². The van der Waals surface area contributed by atoms with Crippen molar-refractivity contribution in [3.8, 4) is 0 Å². The molecule has 0 amide bonds. The Morgan fingerprint density at radius 1 is 0.780 bits per heavy atom. The summed E-state index contributed by atoms with van der Waals surface area (Å²) < 4.78 is 0. The minimum atomic E-state index is -0.287. The highest BCUT2D eigenvalue weighted by atomic mass is 35.5. The van der Waals surface area contributed by atoms with Crippen molar-refractivity contribution in [2.45, 2.75) is 76.5 Å². The highest BCUT2D eigenvalue weighted by Gasteiger charge is 2.31. The molecule has 2 aromatic heterocycles. The Morgan fingerprint density at radius 2 is 1.29 bits per heavy atom. The summed E-state index contributed by atoms with van der Waals surface area (Å²) in [5, 5.41) is 32.0. The van der Waals surface area contributed by atoms with Gasteiger partial charge in [0.05, 0.1) is 17.9 Å². The lowest BCUT2D eigenvalue weighted by Gasteiger charge is -2.23. The van der Waals surface area contributed by atoms with Gasteiger partial charge in [0.1, 0.15) is 11.1 Å². The van der Waals surface area contributed by atoms with Gasteiger partial charge in [-0.3, -0.25) is 0 Å². The molecule has 41 heavy (non-hydrogen) atoms. The van der Waals surface area contributed by atoms with E-state index in [9.17, 15) is 0 Å². The Morgan fingerprint density at radius 3 is 1.76 bits per heavy atom. The molecule has 2 fully saturated rings. The predicted octanol–water partition coefficient (Wildman–Crippen LogP) is 4.16. The quantitative estimate of drug-likeness (QED) is 0.320. The molecular weight excluding hydrogens is 559 g/mol. The highest BCUT2D eigenvalue weighted by Crippen LogP contribution is 2.26. The topological polar surface area (TPSA) is 116 Å². The number of benzene rings is 2. The molecule has 6 rings (SSSR count). The Labute approximate surface area is 252 Å². The van der Waals surface area contributed by atoms with Crippen molar-refractivity contribution in [1.82, 2.24) is 45.7 Å². The van der Waals surface area contributed by atoms with Crippen molar-refractivity contribution in [3.63, 3.8) is 0 Å². The summed E-state index contributed by atoms with van der Waals surface area (Å²) in [7, 11) is 0. The molecule has 2 saturated heterocycles. The van der Waals surface area contributed by atoms with Crippen molar-refractivity contribution in [1.29, 1.82) is 0 Å². The number of quaternary nitrogens is 1. The van der Waals surface area contributed by atoms with E-state index < -0.39 is 0 Å². The second-order valence-corrected chi connectivity index (χ2v) is 12.1. The van der Waals surface area contributed by atoms with Crippen LogP contribution in [0.1, 0.15) is 88.2 Å². The molecule has 4 heterocycles. The molecule has 0 bridgehead atoms. The van der Waals surface area contributed by atoms with E-state index in [0.717, 1.165) is 31.0 Å². The van der Waals surface area contributed by atoms with Gasteiger partial charge in [-0.25, -0.2) is 0 Å². The molecule has 0 saturated carbocycles. The first-order valence-corrected chi connectivity index (χ1v) is 15.2. The van der Waals surface area contributed by atoms with E-state index in [0.29, 0.717) is 6.04 Å². The first kappa shape index (κ1) is 31.0. The van der Waals surface area contributed by atoms with E-state index >= 15 is 0 Å². The number of halogens is 2. The first-order chi connectivity index (χ1) is 19.8. The van der Waals surface area contributed by atoms with Gasteiger partial charge in [0, 0.05) is 12.8 Å². The van der Waals surface area contributed by atoms with Gasteiger partial charge in [0.15, 0.2) is 11.9 Å². The molecule has 2 aromatic carbocycles. The van der Waals surface area contributed by atoms with Crippen LogP contribution in [0.4, 0.5) is 0 Å². The highest BCUT2D eigenvalue weighted by molar-refractivity contribution is 6.40. The number of tetrazole rings is 2. The maximum absolute atomic E-state index is 4.76. The lowest BCUT2D eigenvalue weighted by Crippen LogP contribution is -2.82. The van der Waals surface area contributed by atoms with Gasteiger partial charge < -0.3 is 10.6 Å². The Kier molecular flexibility index (Phi) is 10.8. The second-order valence-electron chi connectivity index (χ2n) is 11.2. The minimum absolute atomic E-state index is 0.194. The molecule has 220 valence electrons. The summed E-state index contributed by atoms with van der Waals surface area (Å²) in [6.45, 7) is 10.7. The van der Waals surface area contributed by atoms with E-state index in [1.165, 1.54) is 30.5 Å². The van der Waals surface area contributed by atoms with E-state index in [-0.39, 0.29) is 22.5 Å². The number of nitrogens with two attached hydrogens (primary N) is 1. The number of hydrogen-bond donors (Lipinski definition) is 2. The van der Waals surface area contributed by atoms with Gasteiger partial charge in [-0.2, -0.15) is 9.59 Å². The summed E-state index contributed by atoms with van der Waals surface area (Å²) >= 11 is 9.53. The third-order valence-electron chi connectivity index (χ3n) is 7.69. The van der Waals surface area contributed by atoms with Gasteiger partial charge in [0.25, 0.3) is 0 Å². The molecule has 4 aromatic rings. The van der Waals surface area contributed by atoms with Crippen molar-refractivity contribution in [3.05, 3.63) is 83.4 Å². The van der Waals surface area contributed by atoms with Crippen LogP contribution in [0.5, 0.6) is 0 Å². The van der Waals surface area contributed by atoms with Crippen LogP contribution in [-0.4, -0.2) is 58.8 Å². The minimum Gasteiger partial charge on any atom is -0.337 e. The van der Waals surface area contributed by atoms with Crippen molar-refractivity contribution < 1.29 is 5.32 Å². The van der Waals surface area contributed by atoms with Crippen LogP contribution >= 0.6 is 23.2 Å². The third kappa shape index (κ3) is 7.68. The summed E-state index contributed by atoms with van der Waals surface area (Å²) in [5.74, 6) is 1.67. The molecule has 0 unspecified atom stereocenters. The van der Waals surface area contributed by atoms with Gasteiger partial charge in [-0.05, 0) is 68.6 Å². The average Bonchev–Trinajstić information content (AvgIpc) is 3.81. The molecule has 12 heteroatoms. The summed E-state index contributed by atoms with van der Waals surface area (Å²) in [4.78, 5) is 3.46. The maximum Gasteiger partial charge on any atom is 0.231 e. The number of nitrogens with zero attached hydrogens (tertiary/aromatic N) is 8. The first-order valence-electron chi connectivity index (χ1n) is 14.2. The van der Waals surface area contributed by atoms with Crippen LogP contribution in [0.15, 0.2) is 60.7 Å². The number of hydrogen-bond acceptors (Lipinski definition) is 7. The van der Waals surface area contributed by atoms with Crippen LogP contribution in [0, 0.1) is 0 Å². The molecule has 0 aliphatic carbocycles. The zero-order valence-corrected chi connectivity index (χ0v) is 25.8. The molecule has 2 aliphatic heterocycles. The normalized spacial score (nSPS) is 18.8. The zero-order chi connectivity index (χ0) is 29.3. The fraction of sp³-hybridized carbons (Fsp3) is 0.517. The number of aromatic nitrogens is 8. The zero-order valence-electron chi connectivity index (χ0n) is 24.3. The van der Waals surface area contributed by atoms with Gasteiger partial charge in [-0.1, -0.05) is 60.7 Å². The van der Waals surface area contributed by atoms with Crippen molar-refractivity contribution >= 4 is 23.2 Å². The maximum atomic E-state index is 4.76. The van der Waals surface area contributed by atoms with Crippen LogP contribution in [0.3, 0.4) is 0 Å². The Balaban J connectivity index is 0.000000173. The molecule has 2 atom stereocenters. The molecule has 0 spiro atoms. The summed E-state index contributed by atoms with van der Waals surface area (Å²) in [6.07, 6.45) is 4.66. The standard InChI is InChI=1S/2C14H19N5.CH2Cl2/c2*1-14(2,11-7-4-3-5-8-11)19-17-13(16-18-19)12-9-6-10-15-12;2-1-3/h2*3-5,7-8,12,15H,6,9-10H2,1-2H3;1H2/p+1/t2*12-;/m11./s1.